The minimum atomic E-state index is -0.672. The molecule has 2 aromatic carbocycles. The van der Waals surface area contributed by atoms with E-state index in [0.29, 0.717) is 30.0 Å². The molecule has 2 aliphatic heterocycles. The summed E-state index contributed by atoms with van der Waals surface area (Å²) in [6.45, 7) is 6.28. The maximum atomic E-state index is 13.0. The molecule has 0 aromatic heterocycles. The van der Waals surface area contributed by atoms with E-state index in [1.54, 1.807) is 12.1 Å². The number of carbonyl (C=O) groups is 1. The Morgan fingerprint density at radius 3 is 2.62 bits per heavy atom. The number of ether oxygens (including phenoxy) is 4. The fourth-order valence-electron chi connectivity index (χ4n) is 3.81. The van der Waals surface area contributed by atoms with Crippen LogP contribution < -0.4 is 4.74 Å². The third kappa shape index (κ3) is 4.48. The number of hydrogen-bond acceptors (Lipinski definition) is 5. The molecule has 0 saturated carbocycles. The lowest BCUT2D eigenvalue weighted by molar-refractivity contribution is -0.199. The molecule has 2 saturated heterocycles. The molecule has 2 heterocycles. The first-order chi connectivity index (χ1) is 13.8. The molecule has 29 heavy (non-hydrogen) atoms. The Kier molecular flexibility index (Phi) is 5.67. The molecular formula is C23H25ClO5. The second-order valence-corrected chi connectivity index (χ2v) is 8.23. The second kappa shape index (κ2) is 8.07. The van der Waals surface area contributed by atoms with E-state index >= 15 is 0 Å². The first kappa shape index (κ1) is 20.4. The van der Waals surface area contributed by atoms with Crippen LogP contribution >= 0.6 is 11.6 Å². The zero-order valence-corrected chi connectivity index (χ0v) is 17.6. The summed E-state index contributed by atoms with van der Waals surface area (Å²) in [7, 11) is 0. The molecule has 154 valence electrons. The van der Waals surface area contributed by atoms with Crippen molar-refractivity contribution in [1.29, 1.82) is 0 Å². The summed E-state index contributed by atoms with van der Waals surface area (Å²) in [5, 5.41) is 0.632. The summed E-state index contributed by atoms with van der Waals surface area (Å²) in [6, 6.07) is 13.3. The smallest absolute Gasteiger partial charge is 0.191 e. The Morgan fingerprint density at radius 1 is 1.17 bits per heavy atom. The van der Waals surface area contributed by atoms with Gasteiger partial charge in [0, 0.05) is 17.0 Å². The van der Waals surface area contributed by atoms with Crippen molar-refractivity contribution in [2.24, 2.45) is 0 Å². The summed E-state index contributed by atoms with van der Waals surface area (Å²) < 4.78 is 22.8. The highest BCUT2D eigenvalue weighted by atomic mass is 35.5. The van der Waals surface area contributed by atoms with E-state index in [0.717, 1.165) is 16.9 Å². The minimum absolute atomic E-state index is 0.0750. The van der Waals surface area contributed by atoms with E-state index in [9.17, 15) is 4.79 Å². The number of hydrogen-bond donors (Lipinski definition) is 0. The predicted molar refractivity (Wildman–Crippen MR) is 110 cm³/mol. The van der Waals surface area contributed by atoms with Gasteiger partial charge in [0.1, 0.15) is 18.0 Å². The molecule has 2 aliphatic rings. The number of carbonyl (C=O) groups excluding carboxylic acids is 1. The van der Waals surface area contributed by atoms with Crippen molar-refractivity contribution in [1.82, 2.24) is 0 Å². The Bertz CT molecular complexity index is 877. The van der Waals surface area contributed by atoms with Gasteiger partial charge in [0.25, 0.3) is 0 Å². The first-order valence-electron chi connectivity index (χ1n) is 9.90. The van der Waals surface area contributed by atoms with Crippen LogP contribution in [0, 0.1) is 0 Å². The Hall–Kier alpha value is -1.92. The van der Waals surface area contributed by atoms with Crippen LogP contribution in [0.3, 0.4) is 0 Å². The molecule has 0 aliphatic carbocycles. The summed E-state index contributed by atoms with van der Waals surface area (Å²) in [5.41, 5.74) is 2.57. The number of rotatable bonds is 6. The van der Waals surface area contributed by atoms with E-state index < -0.39 is 18.2 Å². The largest absolute Gasteiger partial charge is 0.494 e. The van der Waals surface area contributed by atoms with Crippen LogP contribution in [-0.2, 0) is 20.6 Å². The Balaban J connectivity index is 1.46. The van der Waals surface area contributed by atoms with E-state index in [2.05, 4.69) is 0 Å². The number of Topliss-reactive ketones (excluding diaryl/α,β-unsaturated/α-hetero) is 1. The van der Waals surface area contributed by atoms with Gasteiger partial charge < -0.3 is 18.9 Å². The SMILES string of the molecule is CCOc1ccc(Cc2cc(C(=O)C3CC4OC(C)(C)OC4O3)ccc2Cl)cc1. The number of halogens is 1. The maximum absolute atomic E-state index is 13.0. The van der Waals surface area contributed by atoms with Crippen molar-refractivity contribution < 1.29 is 23.7 Å². The van der Waals surface area contributed by atoms with Gasteiger partial charge in [-0.3, -0.25) is 4.79 Å². The van der Waals surface area contributed by atoms with Crippen molar-refractivity contribution in [2.75, 3.05) is 6.61 Å². The third-order valence-electron chi connectivity index (χ3n) is 5.14. The van der Waals surface area contributed by atoms with Gasteiger partial charge in [0.05, 0.1) is 6.61 Å². The molecule has 0 bridgehead atoms. The average molecular weight is 417 g/mol. The van der Waals surface area contributed by atoms with Crippen LogP contribution in [0.1, 0.15) is 48.7 Å². The van der Waals surface area contributed by atoms with Crippen molar-refractivity contribution in [3.63, 3.8) is 0 Å². The summed E-state index contributed by atoms with van der Waals surface area (Å²) in [5.74, 6) is 0.0888. The van der Waals surface area contributed by atoms with Crippen LogP contribution in [0.2, 0.25) is 5.02 Å². The van der Waals surface area contributed by atoms with Crippen LogP contribution in [0.25, 0.3) is 0 Å². The zero-order chi connectivity index (χ0) is 20.6. The van der Waals surface area contributed by atoms with Crippen molar-refractivity contribution in [3.8, 4) is 5.75 Å². The zero-order valence-electron chi connectivity index (χ0n) is 16.8. The first-order valence-corrected chi connectivity index (χ1v) is 10.3. The molecule has 0 amide bonds. The number of benzene rings is 2. The van der Waals surface area contributed by atoms with Crippen molar-refractivity contribution in [3.05, 3.63) is 64.2 Å². The monoisotopic (exact) mass is 416 g/mol. The molecule has 3 atom stereocenters. The Labute approximate surface area is 175 Å². The lowest BCUT2D eigenvalue weighted by atomic mass is 9.98. The number of fused-ring (bicyclic) bond motifs is 1. The van der Waals surface area contributed by atoms with E-state index in [-0.39, 0.29) is 11.9 Å². The highest BCUT2D eigenvalue weighted by Gasteiger charge is 2.50. The quantitative estimate of drug-likeness (QED) is 0.634. The standard InChI is InChI=1S/C23H25ClO5/c1-4-26-17-8-5-14(6-9-17)11-16-12-15(7-10-18(16)24)21(25)19-13-20-22(27-19)29-23(2,3)28-20/h5-10,12,19-20,22H,4,11,13H2,1-3H3. The fourth-order valence-corrected chi connectivity index (χ4v) is 4.00. The van der Waals surface area contributed by atoms with Crippen LogP contribution in [0.4, 0.5) is 0 Å². The lowest BCUT2D eigenvalue weighted by Gasteiger charge is -2.20. The fraction of sp³-hybridized carbons (Fsp3) is 0.435. The Morgan fingerprint density at radius 2 is 1.93 bits per heavy atom. The maximum Gasteiger partial charge on any atom is 0.191 e. The van der Waals surface area contributed by atoms with Crippen molar-refractivity contribution in [2.45, 2.75) is 57.9 Å². The van der Waals surface area contributed by atoms with Gasteiger partial charge in [-0.2, -0.15) is 0 Å². The molecular weight excluding hydrogens is 392 g/mol. The second-order valence-electron chi connectivity index (χ2n) is 7.83. The van der Waals surface area contributed by atoms with E-state index in [1.807, 2.05) is 51.1 Å². The topological polar surface area (TPSA) is 54.0 Å². The van der Waals surface area contributed by atoms with Crippen LogP contribution in [-0.4, -0.2) is 36.7 Å². The predicted octanol–water partition coefficient (Wildman–Crippen LogP) is 4.78. The van der Waals surface area contributed by atoms with Gasteiger partial charge in [-0.05, 0) is 68.7 Å². The van der Waals surface area contributed by atoms with Gasteiger partial charge in [0.15, 0.2) is 17.9 Å². The third-order valence-corrected chi connectivity index (χ3v) is 5.50. The minimum Gasteiger partial charge on any atom is -0.494 e. The average Bonchev–Trinajstić information content (AvgIpc) is 3.18. The highest BCUT2D eigenvalue weighted by Crippen LogP contribution is 2.38. The van der Waals surface area contributed by atoms with E-state index in [1.165, 1.54) is 0 Å². The molecule has 3 unspecified atom stereocenters. The van der Waals surface area contributed by atoms with Gasteiger partial charge >= 0.3 is 0 Å². The molecule has 2 fully saturated rings. The summed E-state index contributed by atoms with van der Waals surface area (Å²) >= 11 is 6.39. The molecule has 0 radical (unpaired) electrons. The van der Waals surface area contributed by atoms with Gasteiger partial charge in [-0.1, -0.05) is 23.7 Å². The van der Waals surface area contributed by atoms with Crippen LogP contribution in [0.15, 0.2) is 42.5 Å². The molecule has 6 heteroatoms. The lowest BCUT2D eigenvalue weighted by Crippen LogP contribution is -2.28. The molecule has 0 N–H and O–H groups in total. The molecule has 5 nitrogen and oxygen atoms in total. The molecule has 2 aromatic rings. The van der Waals surface area contributed by atoms with Crippen molar-refractivity contribution >= 4 is 17.4 Å². The summed E-state index contributed by atoms with van der Waals surface area (Å²) in [6.07, 6.45) is -0.155. The van der Waals surface area contributed by atoms with Gasteiger partial charge in [-0.25, -0.2) is 0 Å². The summed E-state index contributed by atoms with van der Waals surface area (Å²) in [4.78, 5) is 13.0. The van der Waals surface area contributed by atoms with Gasteiger partial charge in [-0.15, -0.1) is 0 Å². The van der Waals surface area contributed by atoms with Crippen LogP contribution in [0.5, 0.6) is 5.75 Å². The van der Waals surface area contributed by atoms with E-state index in [4.69, 9.17) is 30.5 Å². The number of ketones is 1. The van der Waals surface area contributed by atoms with Gasteiger partial charge in [0.2, 0.25) is 0 Å². The normalized spacial score (nSPS) is 25.0. The molecule has 0 spiro atoms. The molecule has 4 rings (SSSR count). The highest BCUT2D eigenvalue weighted by molar-refractivity contribution is 6.31.